The molecule has 0 aromatic carbocycles. The van der Waals surface area contributed by atoms with Gasteiger partial charge in [-0.3, -0.25) is 0 Å². The fourth-order valence-corrected chi connectivity index (χ4v) is 5.04. The SMILES string of the molecule is CC(F)C1(Br)C=C(S(=O)(=O)C(F)(F)C(F)(F)C(F)(F)F)C=C(Br)C1. The summed E-state index contributed by atoms with van der Waals surface area (Å²) in [6.45, 7) is 0.920. The smallest absolute Gasteiger partial charge is 0.246 e. The van der Waals surface area contributed by atoms with E-state index < -0.39 is 42.6 Å². The molecule has 0 heterocycles. The average molecular weight is 516 g/mol. The molecule has 0 fully saturated rings. The molecule has 0 N–H and O–H groups in total. The topological polar surface area (TPSA) is 34.1 Å². The van der Waals surface area contributed by atoms with Gasteiger partial charge < -0.3 is 0 Å². The molecule has 0 aromatic rings. The molecule has 0 amide bonds. The maximum Gasteiger partial charge on any atom is 0.461 e. The van der Waals surface area contributed by atoms with E-state index in [2.05, 4.69) is 31.9 Å². The Morgan fingerprint density at radius 2 is 1.62 bits per heavy atom. The van der Waals surface area contributed by atoms with Gasteiger partial charge in [0.05, 0.1) is 9.23 Å². The largest absolute Gasteiger partial charge is 0.461 e. The molecule has 0 saturated carbocycles. The van der Waals surface area contributed by atoms with Crippen LogP contribution in [0.2, 0.25) is 0 Å². The van der Waals surface area contributed by atoms with E-state index in [4.69, 9.17) is 0 Å². The Morgan fingerprint density at radius 3 is 2.00 bits per heavy atom. The first-order valence-electron chi connectivity index (χ1n) is 5.89. The monoisotopic (exact) mass is 514 g/mol. The first kappa shape index (κ1) is 21.9. The summed E-state index contributed by atoms with van der Waals surface area (Å²) >= 11 is 5.48. The highest BCUT2D eigenvalue weighted by atomic mass is 79.9. The maximum atomic E-state index is 13.6. The number of hydrogen-bond donors (Lipinski definition) is 0. The van der Waals surface area contributed by atoms with Crippen molar-refractivity contribution in [3.63, 3.8) is 0 Å². The summed E-state index contributed by atoms with van der Waals surface area (Å²) in [5.74, 6) is -6.84. The van der Waals surface area contributed by atoms with Gasteiger partial charge in [0, 0.05) is 6.42 Å². The van der Waals surface area contributed by atoms with Crippen molar-refractivity contribution in [3.05, 3.63) is 21.5 Å². The summed E-state index contributed by atoms with van der Waals surface area (Å²) in [4.78, 5) is -1.56. The van der Waals surface area contributed by atoms with Gasteiger partial charge in [0.25, 0.3) is 0 Å². The van der Waals surface area contributed by atoms with Crippen LogP contribution < -0.4 is 0 Å². The van der Waals surface area contributed by atoms with E-state index in [1.807, 2.05) is 0 Å². The van der Waals surface area contributed by atoms with Crippen molar-refractivity contribution >= 4 is 41.7 Å². The molecule has 1 aliphatic rings. The van der Waals surface area contributed by atoms with Crippen LogP contribution in [-0.2, 0) is 9.84 Å². The van der Waals surface area contributed by atoms with Crippen molar-refractivity contribution in [1.29, 1.82) is 0 Å². The van der Waals surface area contributed by atoms with Crippen molar-refractivity contribution in [3.8, 4) is 0 Å². The molecule has 13 heteroatoms. The maximum absolute atomic E-state index is 13.6. The van der Waals surface area contributed by atoms with Gasteiger partial charge >= 0.3 is 17.4 Å². The minimum atomic E-state index is -6.84. The molecule has 0 spiro atoms. The van der Waals surface area contributed by atoms with Crippen LogP contribution in [0.1, 0.15) is 13.3 Å². The van der Waals surface area contributed by atoms with Crippen LogP contribution in [0.15, 0.2) is 21.5 Å². The van der Waals surface area contributed by atoms with Crippen LogP contribution in [0, 0.1) is 0 Å². The third-order valence-electron chi connectivity index (χ3n) is 3.15. The Labute approximate surface area is 148 Å². The second-order valence-electron chi connectivity index (χ2n) is 4.95. The summed E-state index contributed by atoms with van der Waals surface area (Å²) in [7, 11) is -6.49. The Hall–Kier alpha value is -0.170. The molecule has 0 aromatic heterocycles. The van der Waals surface area contributed by atoms with Gasteiger partial charge in [0.2, 0.25) is 9.84 Å². The van der Waals surface area contributed by atoms with E-state index in [9.17, 15) is 43.5 Å². The van der Waals surface area contributed by atoms with Gasteiger partial charge in [0.15, 0.2) is 0 Å². The summed E-state index contributed by atoms with van der Waals surface area (Å²) in [5.41, 5.74) is 0. The minimum Gasteiger partial charge on any atom is -0.246 e. The van der Waals surface area contributed by atoms with E-state index in [0.717, 1.165) is 6.92 Å². The standard InChI is InChI=1S/C11H8Br2F8O2S/c1-5(14)8(13)3-6(12)2-7(4-8)24(22,23)11(20,21)9(15,16)10(17,18)19/h2,4-5H,3H2,1H3. The van der Waals surface area contributed by atoms with Gasteiger partial charge in [-0.15, -0.1) is 0 Å². The molecule has 2 nitrogen and oxygen atoms in total. The van der Waals surface area contributed by atoms with E-state index in [-0.39, 0.29) is 10.9 Å². The van der Waals surface area contributed by atoms with Gasteiger partial charge in [-0.1, -0.05) is 31.9 Å². The lowest BCUT2D eigenvalue weighted by Crippen LogP contribution is -2.56. The lowest BCUT2D eigenvalue weighted by molar-refractivity contribution is -0.331. The zero-order chi connectivity index (χ0) is 19.4. The number of allylic oxidation sites excluding steroid dienone is 3. The molecule has 0 radical (unpaired) electrons. The molecular weight excluding hydrogens is 508 g/mol. The summed E-state index contributed by atoms with van der Waals surface area (Å²) in [5, 5.41) is -6.49. The predicted octanol–water partition coefficient (Wildman–Crippen LogP) is 5.25. The number of sulfone groups is 1. The van der Waals surface area contributed by atoms with Crippen LogP contribution in [0.5, 0.6) is 0 Å². The molecule has 24 heavy (non-hydrogen) atoms. The summed E-state index contributed by atoms with van der Waals surface area (Å²) < 4.78 is 125. The van der Waals surface area contributed by atoms with E-state index in [1.54, 1.807) is 0 Å². The molecule has 2 atom stereocenters. The lowest BCUT2D eigenvalue weighted by atomic mass is 9.96. The number of rotatable bonds is 4. The molecule has 2 unspecified atom stereocenters. The Morgan fingerprint density at radius 1 is 1.17 bits per heavy atom. The fraction of sp³-hybridized carbons (Fsp3) is 0.636. The van der Waals surface area contributed by atoms with E-state index >= 15 is 0 Å². The third-order valence-corrected chi connectivity index (χ3v) is 6.59. The highest BCUT2D eigenvalue weighted by Crippen LogP contribution is 2.52. The molecular formula is C11H8Br2F8O2S. The van der Waals surface area contributed by atoms with Gasteiger partial charge in [-0.2, -0.15) is 30.7 Å². The van der Waals surface area contributed by atoms with Crippen LogP contribution in [0.3, 0.4) is 0 Å². The molecule has 0 bridgehead atoms. The van der Waals surface area contributed by atoms with Gasteiger partial charge in [0.1, 0.15) is 6.17 Å². The van der Waals surface area contributed by atoms with E-state index in [1.165, 1.54) is 0 Å². The molecule has 140 valence electrons. The van der Waals surface area contributed by atoms with Crippen LogP contribution in [-0.4, -0.2) is 36.3 Å². The Bertz CT molecular complexity index is 681. The molecule has 0 saturated heterocycles. The second-order valence-corrected chi connectivity index (χ2v) is 9.44. The van der Waals surface area contributed by atoms with Crippen molar-refractivity contribution in [2.75, 3.05) is 0 Å². The summed E-state index contributed by atoms with van der Waals surface area (Å²) in [6.07, 6.45) is -8.18. The van der Waals surface area contributed by atoms with Crippen LogP contribution in [0.4, 0.5) is 35.1 Å². The first-order chi connectivity index (χ1) is 10.4. The molecule has 0 aliphatic heterocycles. The number of hydrogen-bond acceptors (Lipinski definition) is 2. The van der Waals surface area contributed by atoms with Crippen LogP contribution >= 0.6 is 31.9 Å². The van der Waals surface area contributed by atoms with E-state index in [0.29, 0.717) is 12.2 Å². The average Bonchev–Trinajstić information content (AvgIpc) is 2.35. The van der Waals surface area contributed by atoms with Crippen molar-refractivity contribution in [1.82, 2.24) is 0 Å². The quantitative estimate of drug-likeness (QED) is 0.378. The zero-order valence-electron chi connectivity index (χ0n) is 11.4. The normalized spacial score (nSPS) is 25.1. The molecule has 1 aliphatic carbocycles. The zero-order valence-corrected chi connectivity index (χ0v) is 15.4. The highest BCUT2D eigenvalue weighted by molar-refractivity contribution is 9.12. The molecule has 1 rings (SSSR count). The van der Waals surface area contributed by atoms with Crippen molar-refractivity contribution in [2.24, 2.45) is 0 Å². The highest BCUT2D eigenvalue weighted by Gasteiger charge is 2.79. The summed E-state index contributed by atoms with van der Waals surface area (Å²) in [6, 6.07) is 0. The van der Waals surface area contributed by atoms with Gasteiger partial charge in [-0.25, -0.2) is 12.8 Å². The number of alkyl halides is 9. The lowest BCUT2D eigenvalue weighted by Gasteiger charge is -2.32. The fourth-order valence-electron chi connectivity index (χ4n) is 1.69. The number of halogens is 10. The Balaban J connectivity index is 3.57. The van der Waals surface area contributed by atoms with Crippen molar-refractivity contribution < 1.29 is 43.5 Å². The first-order valence-corrected chi connectivity index (χ1v) is 8.96. The minimum absolute atomic E-state index is 0.184. The predicted molar refractivity (Wildman–Crippen MR) is 76.8 cm³/mol. The second kappa shape index (κ2) is 6.22. The Kier molecular flexibility index (Phi) is 5.67. The third kappa shape index (κ3) is 3.39. The van der Waals surface area contributed by atoms with Crippen LogP contribution in [0.25, 0.3) is 0 Å². The van der Waals surface area contributed by atoms with Crippen molar-refractivity contribution in [2.45, 2.75) is 41.2 Å². The van der Waals surface area contributed by atoms with Gasteiger partial charge in [-0.05, 0) is 23.6 Å².